The molecule has 2 amide bonds. The molecule has 1 heterocycles. The second kappa shape index (κ2) is 16.6. The van der Waals surface area contributed by atoms with Gasteiger partial charge in [-0.25, -0.2) is 13.6 Å². The summed E-state index contributed by atoms with van der Waals surface area (Å²) in [6.45, 7) is 8.36. The van der Waals surface area contributed by atoms with Crippen LogP contribution in [0.4, 0.5) is 13.6 Å². The van der Waals surface area contributed by atoms with Crippen LogP contribution in [0.1, 0.15) is 67.8 Å². The molecule has 1 fully saturated rings. The van der Waals surface area contributed by atoms with Crippen molar-refractivity contribution in [3.63, 3.8) is 0 Å². The quantitative estimate of drug-likeness (QED) is 0.125. The molecule has 2 aromatic rings. The predicted octanol–water partition coefficient (Wildman–Crippen LogP) is 8.66. The van der Waals surface area contributed by atoms with E-state index in [1.54, 1.807) is 0 Å². The second-order valence-electron chi connectivity index (χ2n) is 13.4. The van der Waals surface area contributed by atoms with Gasteiger partial charge in [0, 0.05) is 57.2 Å². The van der Waals surface area contributed by atoms with E-state index in [0.717, 1.165) is 49.4 Å². The van der Waals surface area contributed by atoms with Crippen LogP contribution >= 0.6 is 11.6 Å². The van der Waals surface area contributed by atoms with Gasteiger partial charge in [0.2, 0.25) is 5.91 Å². The van der Waals surface area contributed by atoms with Gasteiger partial charge in [0.25, 0.3) is 0 Å². The van der Waals surface area contributed by atoms with E-state index in [1.165, 1.54) is 12.2 Å². The SMILES string of the molecule is C[Si](C)(C)CCOC(=O)NCCCN(C(=O)CCl)[C@@H](c1cc(C2=CC(F)CC=C2F)cn1Cc1ccccc1)C1CCCCC1. The van der Waals surface area contributed by atoms with Crippen molar-refractivity contribution in [2.75, 3.05) is 25.6 Å². The highest BCUT2D eigenvalue weighted by molar-refractivity contribution is 6.76. The number of rotatable bonds is 14. The number of amides is 2. The summed E-state index contributed by atoms with van der Waals surface area (Å²) in [5, 5.41) is 2.83. The number of ether oxygens (including phenoxy) is 1. The number of allylic oxidation sites excluding steroid dienone is 4. The lowest BCUT2D eigenvalue weighted by molar-refractivity contribution is -0.132. The maximum atomic E-state index is 15.1. The summed E-state index contributed by atoms with van der Waals surface area (Å²) in [6, 6.07) is 12.5. The molecule has 2 aliphatic rings. The molecule has 1 unspecified atom stereocenters. The van der Waals surface area contributed by atoms with Gasteiger partial charge in [-0.2, -0.15) is 0 Å². The monoisotopic (exact) mass is 659 g/mol. The lowest BCUT2D eigenvalue weighted by Gasteiger charge is -2.39. The molecule has 4 rings (SSSR count). The number of benzene rings is 1. The first-order valence-electron chi connectivity index (χ1n) is 16.3. The molecule has 45 heavy (non-hydrogen) atoms. The number of aromatic nitrogens is 1. The number of nitrogens with one attached hydrogen (secondary N) is 1. The summed E-state index contributed by atoms with van der Waals surface area (Å²) in [5.74, 6) is -0.616. The van der Waals surface area contributed by atoms with Crippen LogP contribution in [0, 0.1) is 5.92 Å². The zero-order valence-electron chi connectivity index (χ0n) is 26.9. The summed E-state index contributed by atoms with van der Waals surface area (Å²) in [6.07, 6.45) is 8.57. The normalized spacial score (nSPS) is 18.1. The number of hydrogen-bond donors (Lipinski definition) is 1. The first kappa shape index (κ1) is 35.0. The summed E-state index contributed by atoms with van der Waals surface area (Å²) in [5.41, 5.74) is 2.79. The first-order valence-corrected chi connectivity index (χ1v) is 20.5. The molecule has 0 radical (unpaired) electrons. The number of nitrogens with zero attached hydrogens (tertiary/aromatic N) is 2. The molecular formula is C35H48ClF2N3O3Si. The molecule has 10 heteroatoms. The van der Waals surface area contributed by atoms with E-state index in [0.29, 0.717) is 38.2 Å². The zero-order chi connectivity index (χ0) is 32.4. The molecule has 0 saturated heterocycles. The van der Waals surface area contributed by atoms with Crippen LogP contribution in [0.25, 0.3) is 5.57 Å². The van der Waals surface area contributed by atoms with Gasteiger partial charge >= 0.3 is 6.09 Å². The van der Waals surface area contributed by atoms with Crippen LogP contribution in [0.15, 0.2) is 60.6 Å². The van der Waals surface area contributed by atoms with Gasteiger partial charge in [-0.3, -0.25) is 4.79 Å². The van der Waals surface area contributed by atoms with Crippen LogP contribution in [0.2, 0.25) is 25.7 Å². The third-order valence-corrected chi connectivity index (χ3v) is 10.6. The average Bonchev–Trinajstić information content (AvgIpc) is 3.42. The van der Waals surface area contributed by atoms with Crippen molar-refractivity contribution in [1.29, 1.82) is 0 Å². The predicted molar refractivity (Wildman–Crippen MR) is 181 cm³/mol. The van der Waals surface area contributed by atoms with Crippen molar-refractivity contribution in [1.82, 2.24) is 14.8 Å². The Morgan fingerprint density at radius 1 is 1.16 bits per heavy atom. The molecule has 1 aromatic carbocycles. The van der Waals surface area contributed by atoms with E-state index in [-0.39, 0.29) is 35.7 Å². The van der Waals surface area contributed by atoms with Crippen LogP contribution in [-0.4, -0.2) is 61.3 Å². The molecule has 246 valence electrons. The summed E-state index contributed by atoms with van der Waals surface area (Å²) < 4.78 is 37.0. The fourth-order valence-electron chi connectivity index (χ4n) is 6.27. The maximum Gasteiger partial charge on any atom is 0.407 e. The standard InChI is InChI=1S/C35H48ClF2N3O3Si/c1-45(2,3)20-19-44-35(43)39-17-10-18-41(33(42)23-36)34(27-13-8-5-9-14-27)32-21-28(30-22-29(37)15-16-31(30)38)25-40(32)24-26-11-6-4-7-12-26/h4,6-7,11-12,16,21-22,25,27,29,34H,5,8-10,13-15,17-20,23-24H2,1-3H3,(H,39,43)/t29?,34-/m1/s1. The molecular weight excluding hydrogens is 612 g/mol. The van der Waals surface area contributed by atoms with Gasteiger partial charge in [0.05, 0.1) is 12.6 Å². The highest BCUT2D eigenvalue weighted by Gasteiger charge is 2.35. The second-order valence-corrected chi connectivity index (χ2v) is 19.3. The minimum Gasteiger partial charge on any atom is -0.450 e. The van der Waals surface area contributed by atoms with Crippen molar-refractivity contribution < 1.29 is 23.1 Å². The Balaban J connectivity index is 1.63. The topological polar surface area (TPSA) is 63.6 Å². The van der Waals surface area contributed by atoms with Crippen molar-refractivity contribution in [2.24, 2.45) is 5.92 Å². The van der Waals surface area contributed by atoms with E-state index in [9.17, 15) is 14.0 Å². The van der Waals surface area contributed by atoms with Gasteiger partial charge in [0.1, 0.15) is 17.9 Å². The molecule has 0 bridgehead atoms. The van der Waals surface area contributed by atoms with Crippen molar-refractivity contribution in [2.45, 2.75) is 89.4 Å². The molecule has 2 atom stereocenters. The first-order chi connectivity index (χ1) is 21.6. The minimum atomic E-state index is -1.31. The van der Waals surface area contributed by atoms with Crippen LogP contribution < -0.4 is 5.32 Å². The number of carbonyl (C=O) groups excluding carboxylic acids is 2. The highest BCUT2D eigenvalue weighted by Crippen LogP contribution is 2.41. The maximum absolute atomic E-state index is 15.1. The summed E-state index contributed by atoms with van der Waals surface area (Å²) >= 11 is 6.21. The fraction of sp³-hybridized carbons (Fsp3) is 0.543. The fourth-order valence-corrected chi connectivity index (χ4v) is 7.14. The minimum absolute atomic E-state index is 0.0233. The molecule has 2 aliphatic carbocycles. The summed E-state index contributed by atoms with van der Waals surface area (Å²) in [7, 11) is -1.31. The Hall–Kier alpha value is -2.91. The zero-order valence-corrected chi connectivity index (χ0v) is 28.6. The third-order valence-electron chi connectivity index (χ3n) is 8.66. The van der Waals surface area contributed by atoms with Gasteiger partial charge < -0.3 is 19.5 Å². The highest BCUT2D eigenvalue weighted by atomic mass is 35.5. The number of halogens is 3. The summed E-state index contributed by atoms with van der Waals surface area (Å²) in [4.78, 5) is 27.7. The van der Waals surface area contributed by atoms with Crippen LogP contribution in [0.5, 0.6) is 0 Å². The van der Waals surface area contributed by atoms with E-state index in [2.05, 4.69) is 29.5 Å². The Morgan fingerprint density at radius 2 is 1.89 bits per heavy atom. The van der Waals surface area contributed by atoms with Crippen LogP contribution in [0.3, 0.4) is 0 Å². The number of alkyl carbamates (subject to hydrolysis) is 1. The molecule has 1 N–H and O–H groups in total. The largest absolute Gasteiger partial charge is 0.450 e. The number of alkyl halides is 2. The van der Waals surface area contributed by atoms with Crippen LogP contribution in [-0.2, 0) is 16.1 Å². The van der Waals surface area contributed by atoms with Gasteiger partial charge in [-0.05, 0) is 55.0 Å². The van der Waals surface area contributed by atoms with Crippen molar-refractivity contribution in [3.8, 4) is 0 Å². The third kappa shape index (κ3) is 10.3. The van der Waals surface area contributed by atoms with Gasteiger partial charge in [-0.1, -0.05) is 69.2 Å². The lowest BCUT2D eigenvalue weighted by Crippen LogP contribution is -2.42. The number of carbonyl (C=O) groups is 2. The smallest absolute Gasteiger partial charge is 0.407 e. The Labute approximate surface area is 272 Å². The Kier molecular flexibility index (Phi) is 12.9. The van der Waals surface area contributed by atoms with Gasteiger partial charge in [-0.15, -0.1) is 11.6 Å². The molecule has 0 spiro atoms. The average molecular weight is 660 g/mol. The molecule has 6 nitrogen and oxygen atoms in total. The van der Waals surface area contributed by atoms with E-state index < -0.39 is 26.2 Å². The van der Waals surface area contributed by atoms with Crippen molar-refractivity contribution in [3.05, 3.63) is 77.4 Å². The van der Waals surface area contributed by atoms with E-state index in [4.69, 9.17) is 16.3 Å². The van der Waals surface area contributed by atoms with Gasteiger partial charge in [0.15, 0.2) is 0 Å². The van der Waals surface area contributed by atoms with E-state index in [1.807, 2.05) is 47.5 Å². The molecule has 0 aliphatic heterocycles. The Bertz CT molecular complexity index is 1340. The number of hydrogen-bond acceptors (Lipinski definition) is 3. The lowest BCUT2D eigenvalue weighted by atomic mass is 9.81. The molecule has 1 saturated carbocycles. The van der Waals surface area contributed by atoms with E-state index >= 15 is 4.39 Å². The molecule has 1 aromatic heterocycles. The van der Waals surface area contributed by atoms with Crippen molar-refractivity contribution >= 4 is 37.2 Å². The Morgan fingerprint density at radius 3 is 2.58 bits per heavy atom.